The molecule has 118 valence electrons. The molecule has 2 aromatic heterocycles. The Bertz CT molecular complexity index is 901. The molecule has 0 saturated heterocycles. The highest BCUT2D eigenvalue weighted by molar-refractivity contribution is 6.29. The highest BCUT2D eigenvalue weighted by atomic mass is 35.5. The summed E-state index contributed by atoms with van der Waals surface area (Å²) in [7, 11) is 0. The van der Waals surface area contributed by atoms with Gasteiger partial charge in [0.2, 0.25) is 5.91 Å². The summed E-state index contributed by atoms with van der Waals surface area (Å²) in [5.41, 5.74) is 3.93. The van der Waals surface area contributed by atoms with Gasteiger partial charge in [0.15, 0.2) is 5.82 Å². The highest BCUT2D eigenvalue weighted by Gasteiger charge is 2.13. The number of benzene rings is 1. The van der Waals surface area contributed by atoms with Crippen LogP contribution in [-0.2, 0) is 4.79 Å². The van der Waals surface area contributed by atoms with E-state index in [0.29, 0.717) is 11.6 Å². The second-order valence-electron chi connectivity index (χ2n) is 5.53. The Morgan fingerprint density at radius 2 is 2.00 bits per heavy atom. The number of carbonyl (C=O) groups is 1. The van der Waals surface area contributed by atoms with Gasteiger partial charge in [-0.15, -0.1) is 11.6 Å². The van der Waals surface area contributed by atoms with E-state index in [4.69, 9.17) is 16.6 Å². The summed E-state index contributed by atoms with van der Waals surface area (Å²) in [6, 6.07) is 9.87. The molecule has 5 nitrogen and oxygen atoms in total. The van der Waals surface area contributed by atoms with E-state index in [0.717, 1.165) is 27.7 Å². The molecule has 0 radical (unpaired) electrons. The molecule has 0 unspecified atom stereocenters. The van der Waals surface area contributed by atoms with Gasteiger partial charge >= 0.3 is 0 Å². The molecule has 23 heavy (non-hydrogen) atoms. The maximum absolute atomic E-state index is 11.6. The van der Waals surface area contributed by atoms with Crippen LogP contribution in [0.2, 0.25) is 0 Å². The molecule has 3 rings (SSSR count). The predicted molar refractivity (Wildman–Crippen MR) is 92.4 cm³/mol. The van der Waals surface area contributed by atoms with Crippen molar-refractivity contribution in [1.82, 2.24) is 14.8 Å². The molecule has 0 saturated carbocycles. The fourth-order valence-electron chi connectivity index (χ4n) is 2.59. The van der Waals surface area contributed by atoms with Gasteiger partial charge in [0.05, 0.1) is 11.2 Å². The Labute approximate surface area is 139 Å². The molecule has 6 heteroatoms. The molecule has 0 spiro atoms. The normalized spacial score (nSPS) is 11.0. The Morgan fingerprint density at radius 1 is 1.22 bits per heavy atom. The molecule has 2 heterocycles. The summed E-state index contributed by atoms with van der Waals surface area (Å²) in [6.45, 7) is 5.94. The van der Waals surface area contributed by atoms with E-state index < -0.39 is 0 Å². The first kappa shape index (κ1) is 15.5. The zero-order valence-corrected chi connectivity index (χ0v) is 14.0. The van der Waals surface area contributed by atoms with Crippen molar-refractivity contribution >= 4 is 34.2 Å². The minimum Gasteiger partial charge on any atom is -0.309 e. The second-order valence-corrected chi connectivity index (χ2v) is 5.80. The number of fused-ring (bicyclic) bond motifs is 1. The number of para-hydroxylation sites is 1. The first-order valence-corrected chi connectivity index (χ1v) is 7.83. The molecular weight excluding hydrogens is 312 g/mol. The number of anilines is 1. The summed E-state index contributed by atoms with van der Waals surface area (Å²) in [5, 5.41) is 8.31. The lowest BCUT2D eigenvalue weighted by Crippen LogP contribution is -2.16. The van der Waals surface area contributed by atoms with Crippen molar-refractivity contribution in [2.75, 3.05) is 11.2 Å². The Morgan fingerprint density at radius 3 is 2.74 bits per heavy atom. The highest BCUT2D eigenvalue weighted by Crippen LogP contribution is 2.24. The molecule has 1 aromatic carbocycles. The lowest BCUT2D eigenvalue weighted by molar-refractivity contribution is -0.114. The van der Waals surface area contributed by atoms with Crippen LogP contribution in [0.5, 0.6) is 0 Å². The maximum atomic E-state index is 11.6. The van der Waals surface area contributed by atoms with Gasteiger partial charge in [-0.2, -0.15) is 9.78 Å². The fourth-order valence-corrected chi connectivity index (χ4v) is 2.66. The van der Waals surface area contributed by atoms with Crippen molar-refractivity contribution in [2.24, 2.45) is 0 Å². The minimum atomic E-state index is -0.276. The minimum absolute atomic E-state index is 0.104. The SMILES string of the molecule is Cc1cc(NC(=O)CCl)n(-c2cc(C)c3cccc(C)c3n2)n1. The van der Waals surface area contributed by atoms with Crippen LogP contribution in [0.3, 0.4) is 0 Å². The third kappa shape index (κ3) is 2.92. The van der Waals surface area contributed by atoms with Crippen LogP contribution in [0.15, 0.2) is 30.3 Å². The van der Waals surface area contributed by atoms with E-state index in [1.165, 1.54) is 0 Å². The van der Waals surface area contributed by atoms with Gasteiger partial charge in [-0.25, -0.2) is 4.98 Å². The number of halogens is 1. The number of carbonyl (C=O) groups excluding carboxylic acids is 1. The topological polar surface area (TPSA) is 59.8 Å². The zero-order valence-electron chi connectivity index (χ0n) is 13.2. The Kier molecular flexibility index (Phi) is 4.05. The van der Waals surface area contributed by atoms with Crippen LogP contribution in [0, 0.1) is 20.8 Å². The van der Waals surface area contributed by atoms with Crippen LogP contribution in [-0.4, -0.2) is 26.6 Å². The van der Waals surface area contributed by atoms with E-state index in [1.54, 1.807) is 10.7 Å². The van der Waals surface area contributed by atoms with Gasteiger partial charge in [0.25, 0.3) is 0 Å². The fraction of sp³-hybridized carbons (Fsp3) is 0.235. The first-order valence-electron chi connectivity index (χ1n) is 7.29. The summed E-state index contributed by atoms with van der Waals surface area (Å²) in [6.07, 6.45) is 0. The van der Waals surface area contributed by atoms with E-state index in [1.807, 2.05) is 39.0 Å². The number of alkyl halides is 1. The Hall–Kier alpha value is -2.40. The summed E-state index contributed by atoms with van der Waals surface area (Å²) < 4.78 is 1.64. The number of nitrogens with zero attached hydrogens (tertiary/aromatic N) is 3. The number of pyridine rings is 1. The maximum Gasteiger partial charge on any atom is 0.240 e. The zero-order chi connectivity index (χ0) is 16.6. The van der Waals surface area contributed by atoms with E-state index in [2.05, 4.69) is 16.5 Å². The number of hydrogen-bond donors (Lipinski definition) is 1. The lowest BCUT2D eigenvalue weighted by atomic mass is 10.1. The lowest BCUT2D eigenvalue weighted by Gasteiger charge is -2.11. The van der Waals surface area contributed by atoms with Crippen LogP contribution in [0.1, 0.15) is 16.8 Å². The van der Waals surface area contributed by atoms with Crippen molar-refractivity contribution < 1.29 is 4.79 Å². The average molecular weight is 329 g/mol. The van der Waals surface area contributed by atoms with Crippen LogP contribution >= 0.6 is 11.6 Å². The summed E-state index contributed by atoms with van der Waals surface area (Å²) in [4.78, 5) is 16.3. The van der Waals surface area contributed by atoms with E-state index >= 15 is 0 Å². The number of hydrogen-bond acceptors (Lipinski definition) is 3. The molecule has 1 amide bonds. The number of amides is 1. The smallest absolute Gasteiger partial charge is 0.240 e. The predicted octanol–water partition coefficient (Wildman–Crippen LogP) is 3.52. The van der Waals surface area contributed by atoms with Crippen molar-refractivity contribution in [3.05, 3.63) is 47.2 Å². The van der Waals surface area contributed by atoms with Crippen LogP contribution in [0.25, 0.3) is 16.7 Å². The van der Waals surface area contributed by atoms with Crippen LogP contribution < -0.4 is 5.32 Å². The van der Waals surface area contributed by atoms with Gasteiger partial charge in [0.1, 0.15) is 11.7 Å². The van der Waals surface area contributed by atoms with Crippen molar-refractivity contribution in [3.8, 4) is 5.82 Å². The molecule has 0 atom stereocenters. The molecular formula is C17H17ClN4O. The molecule has 0 bridgehead atoms. The second kappa shape index (κ2) is 6.01. The molecule has 0 aliphatic carbocycles. The van der Waals surface area contributed by atoms with Gasteiger partial charge in [0, 0.05) is 11.5 Å². The van der Waals surface area contributed by atoms with Crippen molar-refractivity contribution in [2.45, 2.75) is 20.8 Å². The third-order valence-corrected chi connectivity index (χ3v) is 3.91. The monoisotopic (exact) mass is 328 g/mol. The van der Waals surface area contributed by atoms with Crippen molar-refractivity contribution in [3.63, 3.8) is 0 Å². The largest absolute Gasteiger partial charge is 0.309 e. The molecule has 1 N–H and O–H groups in total. The van der Waals surface area contributed by atoms with Gasteiger partial charge < -0.3 is 5.32 Å². The average Bonchev–Trinajstić information content (AvgIpc) is 2.88. The van der Waals surface area contributed by atoms with E-state index in [9.17, 15) is 4.79 Å². The summed E-state index contributed by atoms with van der Waals surface area (Å²) >= 11 is 5.57. The number of aryl methyl sites for hydroxylation is 3. The number of nitrogens with one attached hydrogen (secondary N) is 1. The van der Waals surface area contributed by atoms with E-state index in [-0.39, 0.29) is 11.8 Å². The van der Waals surface area contributed by atoms with Gasteiger partial charge in [-0.3, -0.25) is 4.79 Å². The van der Waals surface area contributed by atoms with Crippen molar-refractivity contribution in [1.29, 1.82) is 0 Å². The van der Waals surface area contributed by atoms with Crippen LogP contribution in [0.4, 0.5) is 5.82 Å². The quantitative estimate of drug-likeness (QED) is 0.748. The molecule has 0 fully saturated rings. The number of rotatable bonds is 3. The Balaban J connectivity index is 2.17. The standard InChI is InChI=1S/C17H17ClN4O/c1-10-5-4-6-13-11(2)7-14(20-17(10)13)22-15(8-12(3)21-22)19-16(23)9-18/h4-8H,9H2,1-3H3,(H,19,23). The van der Waals surface area contributed by atoms with Gasteiger partial charge in [-0.05, 0) is 38.0 Å². The third-order valence-electron chi connectivity index (χ3n) is 3.67. The molecule has 3 aromatic rings. The number of aromatic nitrogens is 3. The first-order chi connectivity index (χ1) is 11.0. The van der Waals surface area contributed by atoms with Gasteiger partial charge in [-0.1, -0.05) is 18.2 Å². The molecule has 0 aliphatic rings. The summed E-state index contributed by atoms with van der Waals surface area (Å²) in [5.74, 6) is 0.852. The molecule has 0 aliphatic heterocycles.